The van der Waals surface area contributed by atoms with Gasteiger partial charge in [0.1, 0.15) is 5.82 Å². The molecule has 0 radical (unpaired) electrons. The van der Waals surface area contributed by atoms with E-state index in [1.54, 1.807) is 35.6 Å². The number of carbonyl (C=O) groups is 2. The van der Waals surface area contributed by atoms with E-state index >= 15 is 0 Å². The Bertz CT molecular complexity index is 1280. The molecule has 0 saturated heterocycles. The number of thiophene rings is 1. The van der Waals surface area contributed by atoms with E-state index in [0.29, 0.717) is 27.9 Å². The number of nitrogens with zero attached hydrogens (tertiary/aromatic N) is 2. The molecule has 2 heterocycles. The highest BCUT2D eigenvalue weighted by atomic mass is 32.2. The van der Waals surface area contributed by atoms with Crippen molar-refractivity contribution in [3.05, 3.63) is 87.9 Å². The first kappa shape index (κ1) is 22.5. The largest absolute Gasteiger partial charge is 0.325 e. The number of anilines is 2. The maximum Gasteiger partial charge on any atom is 0.257 e. The lowest BCUT2D eigenvalue weighted by Gasteiger charge is -2.11. The van der Waals surface area contributed by atoms with E-state index in [1.165, 1.54) is 11.8 Å². The molecule has 2 amide bonds. The van der Waals surface area contributed by atoms with E-state index in [4.69, 9.17) is 0 Å². The van der Waals surface area contributed by atoms with Crippen molar-refractivity contribution in [1.82, 2.24) is 15.2 Å². The average Bonchev–Trinajstić information content (AvgIpc) is 3.49. The summed E-state index contributed by atoms with van der Waals surface area (Å²) in [6, 6.07) is 18.4. The molecule has 0 atom stereocenters. The Hall–Kier alpha value is -3.69. The van der Waals surface area contributed by atoms with Gasteiger partial charge in [0.2, 0.25) is 11.1 Å². The molecule has 0 aliphatic heterocycles. The first-order valence-corrected chi connectivity index (χ1v) is 12.0. The van der Waals surface area contributed by atoms with Crippen molar-refractivity contribution in [1.29, 1.82) is 0 Å². The molecule has 0 fully saturated rings. The van der Waals surface area contributed by atoms with Gasteiger partial charge in [-0.2, -0.15) is 0 Å². The number of aryl methyl sites for hydroxylation is 1. The lowest BCUT2D eigenvalue weighted by atomic mass is 10.1. The Labute approximate surface area is 199 Å². The van der Waals surface area contributed by atoms with E-state index in [0.717, 1.165) is 10.4 Å². The summed E-state index contributed by atoms with van der Waals surface area (Å²) >= 11 is 2.85. The van der Waals surface area contributed by atoms with Crippen LogP contribution >= 0.6 is 23.1 Å². The zero-order chi connectivity index (χ0) is 23.0. The molecule has 4 rings (SSSR count). The van der Waals surface area contributed by atoms with Crippen molar-refractivity contribution in [2.24, 2.45) is 0 Å². The number of aromatic amines is 1. The van der Waals surface area contributed by atoms with Gasteiger partial charge in [0.05, 0.1) is 17.0 Å². The fourth-order valence-electron chi connectivity index (χ4n) is 2.97. The van der Waals surface area contributed by atoms with Gasteiger partial charge in [0.15, 0.2) is 0 Å². The van der Waals surface area contributed by atoms with Crippen LogP contribution < -0.4 is 10.6 Å². The number of H-pyrrole nitrogens is 1. The number of para-hydroxylation sites is 1. The summed E-state index contributed by atoms with van der Waals surface area (Å²) in [6.45, 7) is 1.96. The smallest absolute Gasteiger partial charge is 0.257 e. The van der Waals surface area contributed by atoms with Gasteiger partial charge in [0.25, 0.3) is 5.91 Å². The van der Waals surface area contributed by atoms with Gasteiger partial charge >= 0.3 is 0 Å². The minimum atomic E-state index is -0.291. The summed E-state index contributed by atoms with van der Waals surface area (Å²) in [5.74, 6) is 0.181. The summed E-state index contributed by atoms with van der Waals surface area (Å²) in [4.78, 5) is 30.7. The quantitative estimate of drug-likeness (QED) is 0.299. The Kier molecular flexibility index (Phi) is 7.33. The first-order chi connectivity index (χ1) is 16.1. The molecular weight excluding hydrogens is 454 g/mol. The van der Waals surface area contributed by atoms with Crippen molar-refractivity contribution >= 4 is 58.4 Å². The molecule has 9 heteroatoms. The molecule has 0 aliphatic carbocycles. The topological polar surface area (TPSA) is 99.8 Å². The van der Waals surface area contributed by atoms with Crippen LogP contribution in [0.15, 0.2) is 71.2 Å². The number of carbonyl (C=O) groups excluding carboxylic acids is 2. The molecule has 0 spiro atoms. The van der Waals surface area contributed by atoms with Crippen molar-refractivity contribution in [2.75, 3.05) is 16.4 Å². The molecule has 4 aromatic rings. The summed E-state index contributed by atoms with van der Waals surface area (Å²) in [5.41, 5.74) is 2.58. The number of nitrogens with one attached hydrogen (secondary N) is 3. The normalized spacial score (nSPS) is 10.9. The highest BCUT2D eigenvalue weighted by Crippen LogP contribution is 2.20. The Balaban J connectivity index is 1.34. The second kappa shape index (κ2) is 10.8. The van der Waals surface area contributed by atoms with E-state index in [-0.39, 0.29) is 17.6 Å². The first-order valence-electron chi connectivity index (χ1n) is 10.1. The van der Waals surface area contributed by atoms with Crippen molar-refractivity contribution in [2.45, 2.75) is 12.1 Å². The summed E-state index contributed by atoms with van der Waals surface area (Å²) in [5, 5.41) is 15.1. The van der Waals surface area contributed by atoms with Gasteiger partial charge < -0.3 is 10.6 Å². The van der Waals surface area contributed by atoms with E-state index in [9.17, 15) is 9.59 Å². The minimum absolute atomic E-state index is 0.111. The third-order valence-electron chi connectivity index (χ3n) is 4.48. The number of aromatic nitrogens is 3. The number of thioether (sulfide) groups is 1. The number of hydrogen-bond acceptors (Lipinski definition) is 6. The van der Waals surface area contributed by atoms with Crippen LogP contribution in [-0.4, -0.2) is 32.7 Å². The molecule has 7 nitrogen and oxygen atoms in total. The molecule has 0 unspecified atom stereocenters. The predicted octanol–water partition coefficient (Wildman–Crippen LogP) is 5.33. The molecular formula is C24H21N5O2S2. The molecule has 166 valence electrons. The lowest BCUT2D eigenvalue weighted by molar-refractivity contribution is -0.113. The van der Waals surface area contributed by atoms with E-state index in [2.05, 4.69) is 25.8 Å². The van der Waals surface area contributed by atoms with Crippen LogP contribution in [0.4, 0.5) is 11.4 Å². The maximum atomic E-state index is 12.8. The standard InChI is InChI=1S/C24H21N5O2S2/c1-16-6-4-7-17(14-16)25-23(31)19-9-2-3-10-20(19)26-22(30)15-33-24-27-21(28-29-24)12-11-18-8-5-13-32-18/h2-14H,15H2,1H3,(H,25,31)(H,26,30)(H,27,28,29)/b12-11-. The minimum Gasteiger partial charge on any atom is -0.325 e. The number of benzene rings is 2. The molecule has 2 aromatic heterocycles. The van der Waals surface area contributed by atoms with Crippen LogP contribution in [0.2, 0.25) is 0 Å². The average molecular weight is 476 g/mol. The Morgan fingerprint density at radius 3 is 2.76 bits per heavy atom. The van der Waals surface area contributed by atoms with Gasteiger partial charge in [-0.3, -0.25) is 14.7 Å². The molecule has 33 heavy (non-hydrogen) atoms. The number of amides is 2. The van der Waals surface area contributed by atoms with Crippen molar-refractivity contribution < 1.29 is 9.59 Å². The third-order valence-corrected chi connectivity index (χ3v) is 6.17. The molecule has 0 aliphatic rings. The molecule has 3 N–H and O–H groups in total. The summed E-state index contributed by atoms with van der Waals surface area (Å²) in [7, 11) is 0. The lowest BCUT2D eigenvalue weighted by Crippen LogP contribution is -2.19. The molecule has 0 saturated carbocycles. The highest BCUT2D eigenvalue weighted by molar-refractivity contribution is 7.99. The van der Waals surface area contributed by atoms with Crippen molar-refractivity contribution in [3.8, 4) is 0 Å². The fourth-order valence-corrected chi connectivity index (χ4v) is 4.20. The van der Waals surface area contributed by atoms with E-state index < -0.39 is 0 Å². The van der Waals surface area contributed by atoms with Crippen LogP contribution in [-0.2, 0) is 4.79 Å². The molecule has 0 bridgehead atoms. The predicted molar refractivity (Wildman–Crippen MR) is 135 cm³/mol. The van der Waals surface area contributed by atoms with Crippen molar-refractivity contribution in [3.63, 3.8) is 0 Å². The molecule has 2 aromatic carbocycles. The van der Waals surface area contributed by atoms with E-state index in [1.807, 2.05) is 60.9 Å². The number of hydrogen-bond donors (Lipinski definition) is 3. The second-order valence-corrected chi connectivity index (χ2v) is 8.98. The van der Waals surface area contributed by atoms with Crippen LogP contribution in [0.3, 0.4) is 0 Å². The van der Waals surface area contributed by atoms with Crippen LogP contribution in [0, 0.1) is 6.92 Å². The second-order valence-electron chi connectivity index (χ2n) is 7.06. The van der Waals surface area contributed by atoms with Gasteiger partial charge in [0, 0.05) is 10.6 Å². The summed E-state index contributed by atoms with van der Waals surface area (Å²) < 4.78 is 0. The number of rotatable bonds is 8. The van der Waals surface area contributed by atoms with Gasteiger partial charge in [-0.25, -0.2) is 4.98 Å². The van der Waals surface area contributed by atoms with Crippen LogP contribution in [0.1, 0.15) is 26.6 Å². The van der Waals surface area contributed by atoms with Gasteiger partial charge in [-0.05, 0) is 60.4 Å². The Morgan fingerprint density at radius 2 is 1.94 bits per heavy atom. The monoisotopic (exact) mass is 475 g/mol. The van der Waals surface area contributed by atoms with Crippen LogP contribution in [0.5, 0.6) is 0 Å². The summed E-state index contributed by atoms with van der Waals surface area (Å²) in [6.07, 6.45) is 3.79. The zero-order valence-corrected chi connectivity index (χ0v) is 19.4. The SMILES string of the molecule is Cc1cccc(NC(=O)c2ccccc2NC(=O)CSc2n[nH]c(/C=C\c3cccs3)n2)c1. The third kappa shape index (κ3) is 6.41. The van der Waals surface area contributed by atoms with Gasteiger partial charge in [-0.1, -0.05) is 42.1 Å². The zero-order valence-electron chi connectivity index (χ0n) is 17.7. The van der Waals surface area contributed by atoms with Gasteiger partial charge in [-0.15, -0.1) is 16.4 Å². The highest BCUT2D eigenvalue weighted by Gasteiger charge is 2.14. The Morgan fingerprint density at radius 1 is 1.06 bits per heavy atom. The van der Waals surface area contributed by atoms with Crippen LogP contribution in [0.25, 0.3) is 12.2 Å². The fraction of sp³-hybridized carbons (Fsp3) is 0.0833. The maximum absolute atomic E-state index is 12.8.